The van der Waals surface area contributed by atoms with Crippen molar-refractivity contribution in [3.05, 3.63) is 29.8 Å². The predicted molar refractivity (Wildman–Crippen MR) is 216 cm³/mol. The van der Waals surface area contributed by atoms with Crippen molar-refractivity contribution in [2.24, 2.45) is 17.8 Å². The van der Waals surface area contributed by atoms with Crippen molar-refractivity contribution in [1.29, 1.82) is 10.6 Å². The van der Waals surface area contributed by atoms with Gasteiger partial charge < -0.3 is 20.3 Å². The number of nitrogens with one attached hydrogen (secondary N) is 5. The molecular formula is C39H57B2N5O15. The minimum atomic E-state index is -1.49. The zero-order chi connectivity index (χ0) is 45.9. The van der Waals surface area contributed by atoms with Gasteiger partial charge in [0.2, 0.25) is 5.91 Å². The van der Waals surface area contributed by atoms with Crippen LogP contribution in [0.4, 0.5) is 0 Å². The van der Waals surface area contributed by atoms with Gasteiger partial charge in [0.05, 0.1) is 6.04 Å². The van der Waals surface area contributed by atoms with Gasteiger partial charge in [0, 0.05) is 14.0 Å². The van der Waals surface area contributed by atoms with Gasteiger partial charge in [-0.05, 0) is 24.1 Å². The minimum absolute atomic E-state index is 0.0144. The summed E-state index contributed by atoms with van der Waals surface area (Å²) in [5.74, 6) is -10.4. The van der Waals surface area contributed by atoms with Crippen molar-refractivity contribution < 1.29 is 72.1 Å². The van der Waals surface area contributed by atoms with Gasteiger partial charge in [-0.2, -0.15) is 0 Å². The van der Waals surface area contributed by atoms with Crippen molar-refractivity contribution in [3.8, 4) is 5.75 Å². The molecule has 0 spiro atoms. The number of benzene rings is 1. The van der Waals surface area contributed by atoms with Gasteiger partial charge in [0.15, 0.2) is 5.78 Å². The van der Waals surface area contributed by atoms with E-state index in [1.807, 2.05) is 0 Å². The van der Waals surface area contributed by atoms with Crippen LogP contribution in [0.2, 0.25) is 0 Å². The molecule has 0 radical (unpaired) electrons. The van der Waals surface area contributed by atoms with Crippen LogP contribution in [-0.4, -0.2) is 123 Å². The first kappa shape index (κ1) is 53.5. The number of hydrogen-bond donors (Lipinski definition) is 7. The van der Waals surface area contributed by atoms with Gasteiger partial charge in [-0.1, -0.05) is 12.1 Å². The van der Waals surface area contributed by atoms with Crippen LogP contribution in [0.1, 0.15) is 90.5 Å². The van der Waals surface area contributed by atoms with E-state index in [4.69, 9.17) is 20.1 Å². The summed E-state index contributed by atoms with van der Waals surface area (Å²) in [5.41, 5.74) is 0.556. The SMILES string of the molecule is COCCOCCCC(=O)[C@@H](CCC(=O)OB=N)NC(=O)[C@H](CCC(=O)OB=N)CC(=O)[C@@H](CC(C)C)NC(=O)[C@H](CC(=O)O)CC(=O)[C@H](Cc1ccc(O)cc1)NC(C)=O. The number of carbonyl (C=O) groups is 9. The smallest absolute Gasteiger partial charge is 0.508 e. The third-order valence-electron chi connectivity index (χ3n) is 9.18. The van der Waals surface area contributed by atoms with Gasteiger partial charge in [0.25, 0.3) is 0 Å². The Balaban J connectivity index is 3.37. The number of aliphatic carboxylic acids is 1. The Morgan fingerprint density at radius 3 is 1.80 bits per heavy atom. The van der Waals surface area contributed by atoms with Crippen LogP contribution in [0, 0.1) is 28.4 Å². The Morgan fingerprint density at radius 1 is 0.689 bits per heavy atom. The topological polar surface area (TPSA) is 315 Å². The molecule has 5 atom stereocenters. The maximum absolute atomic E-state index is 14.0. The Morgan fingerprint density at radius 2 is 1.25 bits per heavy atom. The molecular weight excluding hydrogens is 800 g/mol. The van der Waals surface area contributed by atoms with E-state index in [-0.39, 0.29) is 69.8 Å². The van der Waals surface area contributed by atoms with Crippen molar-refractivity contribution in [2.75, 3.05) is 26.9 Å². The molecule has 0 saturated heterocycles. The number of amides is 3. The van der Waals surface area contributed by atoms with E-state index in [0.717, 1.165) is 0 Å². The third kappa shape index (κ3) is 23.2. The molecule has 0 heterocycles. The van der Waals surface area contributed by atoms with Gasteiger partial charge in [-0.25, -0.2) is 0 Å². The Hall–Kier alpha value is -5.50. The molecule has 20 nitrogen and oxygen atoms in total. The van der Waals surface area contributed by atoms with Crippen molar-refractivity contribution in [3.63, 3.8) is 0 Å². The molecule has 61 heavy (non-hydrogen) atoms. The predicted octanol–water partition coefficient (Wildman–Crippen LogP) is 1.50. The molecule has 1 aromatic carbocycles. The quantitative estimate of drug-likeness (QED) is 0.0389. The van der Waals surface area contributed by atoms with E-state index in [2.05, 4.69) is 25.3 Å². The molecule has 334 valence electrons. The Labute approximate surface area is 355 Å². The number of carboxylic acids is 1. The molecule has 1 aromatic rings. The van der Waals surface area contributed by atoms with Crippen LogP contribution in [0.5, 0.6) is 5.75 Å². The van der Waals surface area contributed by atoms with Gasteiger partial charge in [-0.15, -0.1) is 0 Å². The molecule has 0 aliphatic rings. The number of aromatic hydroxyl groups is 1. The van der Waals surface area contributed by atoms with E-state index in [9.17, 15) is 53.4 Å². The summed E-state index contributed by atoms with van der Waals surface area (Å²) in [7, 11) is 2.31. The normalized spacial score (nSPS) is 13.2. The molecule has 0 aromatic heterocycles. The number of phenolic OH excluding ortho intramolecular Hbond substituents is 1. The van der Waals surface area contributed by atoms with Crippen LogP contribution >= 0.6 is 0 Å². The van der Waals surface area contributed by atoms with Gasteiger partial charge in [-0.3, -0.25) is 14.4 Å². The molecule has 0 aliphatic heterocycles. The molecule has 0 aliphatic carbocycles. The second-order valence-corrected chi connectivity index (χ2v) is 14.7. The summed E-state index contributed by atoms with van der Waals surface area (Å²) in [6.07, 6.45) is -3.21. The number of Topliss-reactive ketones (excluding diaryl/α,β-unsaturated/α-hetero) is 3. The van der Waals surface area contributed by atoms with Crippen LogP contribution in [0.15, 0.2) is 24.3 Å². The number of carbonyl (C=O) groups excluding carboxylic acids is 8. The number of carboxylic acid groups (broad SMARTS) is 1. The molecule has 0 unspecified atom stereocenters. The second kappa shape index (κ2) is 29.7. The number of hydrogen-bond acceptors (Lipinski definition) is 16. The van der Waals surface area contributed by atoms with E-state index < -0.39 is 109 Å². The average Bonchev–Trinajstić information content (AvgIpc) is 3.18. The van der Waals surface area contributed by atoms with E-state index >= 15 is 0 Å². The number of ether oxygens (including phenoxy) is 2. The molecule has 22 heteroatoms. The number of phenols is 1. The third-order valence-corrected chi connectivity index (χ3v) is 9.18. The minimum Gasteiger partial charge on any atom is -0.508 e. The molecule has 1 rings (SSSR count). The maximum atomic E-state index is 14.0. The standard InChI is InChI=1S/C39H57B2N5O15/c1-23(2)18-30(46-39(57)27(22-35(52)53)21-34(51)31(44-24(3)47)19-25-7-10-28(48)11-8-25)33(50)20-26(9-13-36(54)60-40-42)38(56)45-29(12-14-37(55)61-41-43)32(49)6-5-15-59-17-16-58-4/h7-8,10-11,23,26-27,29-31,42-43,48H,5-6,9,12-22H2,1-4H3,(H,44,47)(H,45,56)(H,46,57)(H,52,53)/t26-,27+,29-,30-,31+/m1/s1. The van der Waals surface area contributed by atoms with Crippen LogP contribution in [0.25, 0.3) is 0 Å². The summed E-state index contributed by atoms with van der Waals surface area (Å²) in [6.45, 7) is 5.48. The fourth-order valence-electron chi connectivity index (χ4n) is 6.13. The summed E-state index contributed by atoms with van der Waals surface area (Å²) in [4.78, 5) is 117. The zero-order valence-corrected chi connectivity index (χ0v) is 35.0. The van der Waals surface area contributed by atoms with Crippen LogP contribution in [-0.2, 0) is 68.4 Å². The zero-order valence-electron chi connectivity index (χ0n) is 35.0. The van der Waals surface area contributed by atoms with E-state index in [0.29, 0.717) is 26.7 Å². The fraction of sp³-hybridized carbons (Fsp3) is 0.615. The first-order chi connectivity index (χ1) is 28.9. The summed E-state index contributed by atoms with van der Waals surface area (Å²) in [6, 6.07) is 2.10. The average molecular weight is 858 g/mol. The first-order valence-corrected chi connectivity index (χ1v) is 19.8. The number of methoxy groups -OCH3 is 1. The van der Waals surface area contributed by atoms with E-state index in [1.54, 1.807) is 13.8 Å². The van der Waals surface area contributed by atoms with E-state index in [1.165, 1.54) is 38.3 Å². The second-order valence-electron chi connectivity index (χ2n) is 14.7. The summed E-state index contributed by atoms with van der Waals surface area (Å²) >= 11 is 0. The van der Waals surface area contributed by atoms with Crippen LogP contribution < -0.4 is 16.0 Å². The Bertz CT molecular complexity index is 1680. The molecule has 3 amide bonds. The van der Waals surface area contributed by atoms with Crippen molar-refractivity contribution in [1.82, 2.24) is 16.0 Å². The summed E-state index contributed by atoms with van der Waals surface area (Å²) < 4.78 is 19.4. The molecule has 7 N–H and O–H groups in total. The number of rotatable bonds is 33. The summed E-state index contributed by atoms with van der Waals surface area (Å²) in [5, 5.41) is 41.0. The first-order valence-electron chi connectivity index (χ1n) is 19.8. The molecule has 0 bridgehead atoms. The Kier molecular flexibility index (Phi) is 26.0. The fourth-order valence-corrected chi connectivity index (χ4v) is 6.13. The van der Waals surface area contributed by atoms with Crippen molar-refractivity contribution >= 4 is 67.5 Å². The van der Waals surface area contributed by atoms with Gasteiger partial charge in [0.1, 0.15) is 5.75 Å². The number of ketones is 3. The van der Waals surface area contributed by atoms with Crippen molar-refractivity contribution in [2.45, 2.75) is 110 Å². The van der Waals surface area contributed by atoms with Gasteiger partial charge >= 0.3 is 248 Å². The molecule has 0 fully saturated rings. The van der Waals surface area contributed by atoms with Crippen LogP contribution in [0.3, 0.4) is 0 Å². The monoisotopic (exact) mass is 857 g/mol. The molecule has 0 saturated carbocycles.